The molecule has 5 rings (SSSR count). The Morgan fingerprint density at radius 3 is 1.47 bits per heavy atom. The molecule has 0 fully saturated rings. The zero-order chi connectivity index (χ0) is 20.5. The fraction of sp³-hybridized carbons (Fsp3) is 0. The van der Waals surface area contributed by atoms with Crippen molar-refractivity contribution in [2.75, 3.05) is 0 Å². The molecule has 0 saturated heterocycles. The van der Waals surface area contributed by atoms with Crippen LogP contribution in [0, 0.1) is 0 Å². The lowest BCUT2D eigenvalue weighted by Gasteiger charge is -1.99. The van der Waals surface area contributed by atoms with Crippen LogP contribution < -0.4 is 21.8 Å². The SMILES string of the molecule is O=c1[nH]/c(=C\c2ccc3ccccc3n2)c(=O)[nH]/c1=C\c1ccc2ccccc2n1. The first-order valence-electron chi connectivity index (χ1n) is 9.43. The maximum Gasteiger partial charge on any atom is 0.272 e. The van der Waals surface area contributed by atoms with Gasteiger partial charge in [0.25, 0.3) is 11.1 Å². The summed E-state index contributed by atoms with van der Waals surface area (Å²) in [7, 11) is 0. The number of fused-ring (bicyclic) bond motifs is 2. The Labute approximate surface area is 169 Å². The predicted octanol–water partition coefficient (Wildman–Crippen LogP) is 1.82. The minimum Gasteiger partial charge on any atom is -0.316 e. The van der Waals surface area contributed by atoms with Crippen molar-refractivity contribution in [1.82, 2.24) is 19.9 Å². The molecule has 2 aromatic carbocycles. The van der Waals surface area contributed by atoms with Gasteiger partial charge in [0.1, 0.15) is 10.7 Å². The smallest absolute Gasteiger partial charge is 0.272 e. The van der Waals surface area contributed by atoms with E-state index in [0.29, 0.717) is 11.4 Å². The Morgan fingerprint density at radius 1 is 0.567 bits per heavy atom. The summed E-state index contributed by atoms with van der Waals surface area (Å²) < 4.78 is 0. The van der Waals surface area contributed by atoms with Gasteiger partial charge in [0.15, 0.2) is 0 Å². The van der Waals surface area contributed by atoms with Crippen molar-refractivity contribution < 1.29 is 0 Å². The first-order chi connectivity index (χ1) is 14.7. The lowest BCUT2D eigenvalue weighted by molar-refractivity contribution is 1.000. The van der Waals surface area contributed by atoms with Crippen LogP contribution in [0.2, 0.25) is 0 Å². The Morgan fingerprint density at radius 2 is 1.00 bits per heavy atom. The second kappa shape index (κ2) is 7.25. The van der Waals surface area contributed by atoms with E-state index in [4.69, 9.17) is 0 Å². The van der Waals surface area contributed by atoms with Gasteiger partial charge in [0.05, 0.1) is 22.4 Å². The van der Waals surface area contributed by atoms with Crippen molar-refractivity contribution in [2.24, 2.45) is 0 Å². The molecule has 3 heterocycles. The van der Waals surface area contributed by atoms with Crippen molar-refractivity contribution in [3.63, 3.8) is 0 Å². The van der Waals surface area contributed by atoms with Crippen LogP contribution in [0.25, 0.3) is 34.0 Å². The molecule has 0 spiro atoms. The summed E-state index contributed by atoms with van der Waals surface area (Å²) in [6.45, 7) is 0. The third-order valence-corrected chi connectivity index (χ3v) is 4.81. The van der Waals surface area contributed by atoms with Crippen LogP contribution in [0.1, 0.15) is 11.4 Å². The van der Waals surface area contributed by atoms with E-state index in [1.807, 2.05) is 60.7 Å². The highest BCUT2D eigenvalue weighted by molar-refractivity contribution is 5.80. The summed E-state index contributed by atoms with van der Waals surface area (Å²) in [4.78, 5) is 39.4. The molecule has 0 aliphatic carbocycles. The maximum absolute atomic E-state index is 12.5. The van der Waals surface area contributed by atoms with Gasteiger partial charge in [-0.05, 0) is 36.4 Å². The van der Waals surface area contributed by atoms with Crippen molar-refractivity contribution in [2.45, 2.75) is 0 Å². The fourth-order valence-electron chi connectivity index (χ4n) is 3.32. The molecule has 6 nitrogen and oxygen atoms in total. The van der Waals surface area contributed by atoms with Gasteiger partial charge in [0, 0.05) is 10.8 Å². The first-order valence-corrected chi connectivity index (χ1v) is 9.43. The summed E-state index contributed by atoms with van der Waals surface area (Å²) in [5, 5.41) is 2.30. The maximum atomic E-state index is 12.5. The van der Waals surface area contributed by atoms with E-state index in [9.17, 15) is 9.59 Å². The lowest BCUT2D eigenvalue weighted by Crippen LogP contribution is -2.46. The Kier molecular flexibility index (Phi) is 4.29. The van der Waals surface area contributed by atoms with Crippen LogP contribution in [0.3, 0.4) is 0 Å². The number of hydrogen-bond acceptors (Lipinski definition) is 4. The zero-order valence-corrected chi connectivity index (χ0v) is 15.8. The molecular formula is C24H16N4O2. The molecule has 144 valence electrons. The molecule has 0 saturated carbocycles. The Hall–Kier alpha value is -4.32. The molecule has 0 aliphatic rings. The van der Waals surface area contributed by atoms with Crippen molar-refractivity contribution in [1.29, 1.82) is 0 Å². The van der Waals surface area contributed by atoms with Gasteiger partial charge in [-0.25, -0.2) is 9.97 Å². The number of H-pyrrole nitrogens is 2. The number of benzene rings is 2. The lowest BCUT2D eigenvalue weighted by atomic mass is 10.2. The number of rotatable bonds is 2. The molecule has 5 aromatic rings. The predicted molar refractivity (Wildman–Crippen MR) is 118 cm³/mol. The van der Waals surface area contributed by atoms with E-state index >= 15 is 0 Å². The Bertz CT molecular complexity index is 1520. The number of aromatic amines is 2. The van der Waals surface area contributed by atoms with Gasteiger partial charge in [-0.2, -0.15) is 0 Å². The zero-order valence-electron chi connectivity index (χ0n) is 15.8. The second-order valence-corrected chi connectivity index (χ2v) is 6.88. The number of pyridine rings is 2. The number of hydrogen-bond donors (Lipinski definition) is 2. The molecule has 0 radical (unpaired) electrons. The molecule has 0 amide bonds. The summed E-state index contributed by atoms with van der Waals surface area (Å²) >= 11 is 0. The average molecular weight is 392 g/mol. The van der Waals surface area contributed by atoms with Gasteiger partial charge in [-0.1, -0.05) is 48.5 Å². The van der Waals surface area contributed by atoms with Crippen molar-refractivity contribution in [3.05, 3.63) is 116 Å². The standard InChI is InChI=1S/C24H16N4O2/c29-23-21(13-17-11-9-15-5-1-3-7-19(15)25-17)27-24(30)22(28-23)14-18-12-10-16-6-2-4-8-20(16)26-18/h1-14H,(H,27,30)(H,28,29)/b21-13-,22-14-. The first kappa shape index (κ1) is 17.8. The minimum atomic E-state index is -0.406. The molecular weight excluding hydrogens is 376 g/mol. The molecule has 0 unspecified atom stereocenters. The quantitative estimate of drug-likeness (QED) is 0.479. The number of nitrogens with one attached hydrogen (secondary N) is 2. The third kappa shape index (κ3) is 3.42. The van der Waals surface area contributed by atoms with Gasteiger partial charge < -0.3 is 9.97 Å². The molecule has 30 heavy (non-hydrogen) atoms. The average Bonchev–Trinajstić information content (AvgIpc) is 2.77. The van der Waals surface area contributed by atoms with Gasteiger partial charge >= 0.3 is 0 Å². The van der Waals surface area contributed by atoms with Crippen molar-refractivity contribution in [3.8, 4) is 0 Å². The van der Waals surface area contributed by atoms with Gasteiger partial charge in [-0.15, -0.1) is 0 Å². The monoisotopic (exact) mass is 392 g/mol. The third-order valence-electron chi connectivity index (χ3n) is 4.81. The van der Waals surface area contributed by atoms with Gasteiger partial charge in [0.2, 0.25) is 0 Å². The Balaban J connectivity index is 1.60. The highest BCUT2D eigenvalue weighted by Crippen LogP contribution is 2.12. The largest absolute Gasteiger partial charge is 0.316 e. The highest BCUT2D eigenvalue weighted by atomic mass is 16.1. The number of aromatic nitrogens is 4. The fourth-order valence-corrected chi connectivity index (χ4v) is 3.32. The second-order valence-electron chi connectivity index (χ2n) is 6.88. The van der Waals surface area contributed by atoms with Gasteiger partial charge in [-0.3, -0.25) is 9.59 Å². The van der Waals surface area contributed by atoms with Crippen LogP contribution >= 0.6 is 0 Å². The van der Waals surface area contributed by atoms with Crippen LogP contribution in [0.15, 0.2) is 82.4 Å². The molecule has 0 aliphatic heterocycles. The van der Waals surface area contributed by atoms with Crippen LogP contribution in [-0.2, 0) is 0 Å². The molecule has 0 bridgehead atoms. The highest BCUT2D eigenvalue weighted by Gasteiger charge is 2.00. The van der Waals surface area contributed by atoms with Crippen LogP contribution in [-0.4, -0.2) is 19.9 Å². The summed E-state index contributed by atoms with van der Waals surface area (Å²) in [5.41, 5.74) is 1.99. The molecule has 6 heteroatoms. The van der Waals surface area contributed by atoms with E-state index in [2.05, 4.69) is 19.9 Å². The van der Waals surface area contributed by atoms with Crippen molar-refractivity contribution >= 4 is 34.0 Å². The number of nitrogens with zero attached hydrogens (tertiary/aromatic N) is 2. The minimum absolute atomic E-state index is 0.145. The summed E-state index contributed by atoms with van der Waals surface area (Å²) in [6, 6.07) is 22.9. The van der Waals surface area contributed by atoms with Crippen LogP contribution in [0.4, 0.5) is 0 Å². The molecule has 2 N–H and O–H groups in total. The van der Waals surface area contributed by atoms with E-state index in [1.165, 1.54) is 0 Å². The van der Waals surface area contributed by atoms with E-state index in [1.54, 1.807) is 24.3 Å². The topological polar surface area (TPSA) is 91.5 Å². The summed E-state index contributed by atoms with van der Waals surface area (Å²) in [5.74, 6) is 0. The van der Waals surface area contributed by atoms with E-state index < -0.39 is 11.1 Å². The molecule has 3 aromatic heterocycles. The van der Waals surface area contributed by atoms with E-state index in [-0.39, 0.29) is 10.7 Å². The summed E-state index contributed by atoms with van der Waals surface area (Å²) in [6.07, 6.45) is 3.12. The van der Waals surface area contributed by atoms with E-state index in [0.717, 1.165) is 21.8 Å². The van der Waals surface area contributed by atoms with Crippen LogP contribution in [0.5, 0.6) is 0 Å². The molecule has 0 atom stereocenters. The normalized spacial score (nSPS) is 12.7. The number of para-hydroxylation sites is 2.